The summed E-state index contributed by atoms with van der Waals surface area (Å²) in [6, 6.07) is 13.0. The first-order valence-corrected chi connectivity index (χ1v) is 11.6. The van der Waals surface area contributed by atoms with E-state index in [4.69, 9.17) is 5.73 Å². The van der Waals surface area contributed by atoms with Gasteiger partial charge < -0.3 is 16.2 Å². The lowest BCUT2D eigenvalue weighted by Crippen LogP contribution is -2.27. The van der Waals surface area contributed by atoms with Gasteiger partial charge in [0.2, 0.25) is 5.95 Å². The third kappa shape index (κ3) is 5.94. The van der Waals surface area contributed by atoms with Gasteiger partial charge in [0, 0.05) is 16.8 Å². The highest BCUT2D eigenvalue weighted by Crippen LogP contribution is 2.35. The van der Waals surface area contributed by atoms with Crippen LogP contribution in [0.5, 0.6) is 0 Å². The second-order valence-electron chi connectivity index (χ2n) is 9.14. The fourth-order valence-electron chi connectivity index (χ4n) is 3.86. The number of nitrogens with two attached hydrogens (primary N) is 1. The largest absolute Gasteiger partial charge is 0.384 e. The number of pyridine rings is 2. The standard InChI is InChI=1S/C27H25F3N6O2/c1-14-11-16(12-19(33-14)24(29)30)21-22(15-7-9-17(28)10-8-15)35-26(31)36-23(21)25(37)32-13-18-5-4-6-20(34-18)27(2,3)38/h4-12,24,38H,13H2,1-3H3,(H,32,37)(H2,31,35,36). The van der Waals surface area contributed by atoms with E-state index in [1.165, 1.54) is 30.3 Å². The van der Waals surface area contributed by atoms with E-state index < -0.39 is 29.4 Å². The van der Waals surface area contributed by atoms with Crippen LogP contribution < -0.4 is 11.1 Å². The molecule has 38 heavy (non-hydrogen) atoms. The van der Waals surface area contributed by atoms with Gasteiger partial charge in [-0.3, -0.25) is 14.8 Å². The van der Waals surface area contributed by atoms with Crippen LogP contribution in [0.3, 0.4) is 0 Å². The Balaban J connectivity index is 1.82. The highest BCUT2D eigenvalue weighted by molar-refractivity contribution is 6.02. The molecule has 1 amide bonds. The number of rotatable bonds is 7. The van der Waals surface area contributed by atoms with Crippen molar-refractivity contribution in [2.24, 2.45) is 0 Å². The van der Waals surface area contributed by atoms with Crippen molar-refractivity contribution in [2.75, 3.05) is 5.73 Å². The summed E-state index contributed by atoms with van der Waals surface area (Å²) >= 11 is 0. The molecule has 0 aliphatic heterocycles. The van der Waals surface area contributed by atoms with Crippen molar-refractivity contribution in [1.82, 2.24) is 25.3 Å². The predicted molar refractivity (Wildman–Crippen MR) is 135 cm³/mol. The number of amides is 1. The maximum absolute atomic E-state index is 13.6. The lowest BCUT2D eigenvalue weighted by atomic mass is 9.96. The van der Waals surface area contributed by atoms with Gasteiger partial charge >= 0.3 is 0 Å². The number of hydrogen-bond donors (Lipinski definition) is 3. The van der Waals surface area contributed by atoms with Crippen molar-refractivity contribution in [3.05, 3.63) is 88.9 Å². The number of nitrogens with zero attached hydrogens (tertiary/aromatic N) is 4. The van der Waals surface area contributed by atoms with Gasteiger partial charge in [-0.05, 0) is 74.9 Å². The van der Waals surface area contributed by atoms with Gasteiger partial charge in [0.25, 0.3) is 12.3 Å². The summed E-state index contributed by atoms with van der Waals surface area (Å²) in [5, 5.41) is 13.0. The number of aromatic nitrogens is 4. The Morgan fingerprint density at radius 1 is 1.03 bits per heavy atom. The van der Waals surface area contributed by atoms with Gasteiger partial charge in [0.05, 0.1) is 23.6 Å². The molecule has 196 valence electrons. The van der Waals surface area contributed by atoms with Crippen LogP contribution in [0.2, 0.25) is 0 Å². The first kappa shape index (κ1) is 26.7. The molecule has 0 unspecified atom stereocenters. The zero-order valence-corrected chi connectivity index (χ0v) is 20.8. The fourth-order valence-corrected chi connectivity index (χ4v) is 3.86. The molecule has 3 aromatic heterocycles. The number of nitrogens with one attached hydrogen (secondary N) is 1. The highest BCUT2D eigenvalue weighted by atomic mass is 19.3. The number of carbonyl (C=O) groups excluding carboxylic acids is 1. The van der Waals surface area contributed by atoms with E-state index in [1.54, 1.807) is 39.0 Å². The molecule has 0 radical (unpaired) electrons. The molecule has 4 rings (SSSR count). The van der Waals surface area contributed by atoms with Crippen molar-refractivity contribution >= 4 is 11.9 Å². The monoisotopic (exact) mass is 522 g/mol. The average Bonchev–Trinajstić information content (AvgIpc) is 2.86. The number of alkyl halides is 2. The van der Waals surface area contributed by atoms with E-state index in [2.05, 4.69) is 25.3 Å². The molecule has 0 spiro atoms. The molecule has 0 saturated carbocycles. The normalized spacial score (nSPS) is 11.6. The zero-order chi connectivity index (χ0) is 27.6. The molecule has 0 aliphatic rings. The van der Waals surface area contributed by atoms with Crippen molar-refractivity contribution in [3.8, 4) is 22.4 Å². The molecule has 8 nitrogen and oxygen atoms in total. The third-order valence-electron chi connectivity index (χ3n) is 5.61. The van der Waals surface area contributed by atoms with Crippen molar-refractivity contribution in [1.29, 1.82) is 0 Å². The molecule has 0 aliphatic carbocycles. The van der Waals surface area contributed by atoms with E-state index in [0.29, 0.717) is 22.6 Å². The number of aryl methyl sites for hydroxylation is 1. The molecule has 4 aromatic rings. The van der Waals surface area contributed by atoms with Crippen LogP contribution in [0.15, 0.2) is 54.6 Å². The van der Waals surface area contributed by atoms with Crippen LogP contribution in [0, 0.1) is 12.7 Å². The van der Waals surface area contributed by atoms with Gasteiger partial charge in [0.15, 0.2) is 0 Å². The Hall–Kier alpha value is -4.38. The zero-order valence-electron chi connectivity index (χ0n) is 20.8. The first-order chi connectivity index (χ1) is 17.9. The SMILES string of the molecule is Cc1cc(-c2c(C(=O)NCc3cccc(C(C)(C)O)n3)nc(N)nc2-c2ccc(F)cc2)cc(C(F)F)n1. The van der Waals surface area contributed by atoms with Crippen LogP contribution in [0.1, 0.15) is 53.5 Å². The summed E-state index contributed by atoms with van der Waals surface area (Å²) in [4.78, 5) is 30.1. The minimum absolute atomic E-state index is 0.0182. The van der Waals surface area contributed by atoms with Gasteiger partial charge in [-0.15, -0.1) is 0 Å². The number of benzene rings is 1. The summed E-state index contributed by atoms with van der Waals surface area (Å²) < 4.78 is 40.8. The Bertz CT molecular complexity index is 1490. The number of halogens is 3. The second-order valence-corrected chi connectivity index (χ2v) is 9.14. The first-order valence-electron chi connectivity index (χ1n) is 11.6. The van der Waals surface area contributed by atoms with Crippen molar-refractivity contribution in [2.45, 2.75) is 39.3 Å². The van der Waals surface area contributed by atoms with Crippen molar-refractivity contribution < 1.29 is 23.1 Å². The molecular weight excluding hydrogens is 497 g/mol. The van der Waals surface area contributed by atoms with Gasteiger partial charge in [-0.2, -0.15) is 0 Å². The van der Waals surface area contributed by atoms with Gasteiger partial charge in [-0.1, -0.05) is 6.07 Å². The number of carbonyl (C=O) groups is 1. The Morgan fingerprint density at radius 3 is 2.39 bits per heavy atom. The third-order valence-corrected chi connectivity index (χ3v) is 5.61. The van der Waals surface area contributed by atoms with E-state index >= 15 is 0 Å². The molecule has 0 saturated heterocycles. The summed E-state index contributed by atoms with van der Waals surface area (Å²) in [5.41, 5.74) is 6.21. The minimum atomic E-state index is -2.86. The molecule has 3 heterocycles. The topological polar surface area (TPSA) is 127 Å². The Morgan fingerprint density at radius 2 is 1.74 bits per heavy atom. The highest BCUT2D eigenvalue weighted by Gasteiger charge is 2.24. The average molecular weight is 523 g/mol. The Labute approximate surface area is 216 Å². The van der Waals surface area contributed by atoms with E-state index in [9.17, 15) is 23.1 Å². The van der Waals surface area contributed by atoms with E-state index in [0.717, 1.165) is 6.07 Å². The van der Waals surface area contributed by atoms with E-state index in [1.807, 2.05) is 0 Å². The smallest absolute Gasteiger partial charge is 0.280 e. The molecule has 1 aromatic carbocycles. The minimum Gasteiger partial charge on any atom is -0.384 e. The molecule has 0 atom stereocenters. The summed E-state index contributed by atoms with van der Waals surface area (Å²) in [7, 11) is 0. The van der Waals surface area contributed by atoms with Crippen LogP contribution in [-0.2, 0) is 12.1 Å². The quantitative estimate of drug-likeness (QED) is 0.320. The van der Waals surface area contributed by atoms with Crippen molar-refractivity contribution in [3.63, 3.8) is 0 Å². The maximum Gasteiger partial charge on any atom is 0.280 e. The van der Waals surface area contributed by atoms with Crippen LogP contribution in [0.4, 0.5) is 19.1 Å². The summed E-state index contributed by atoms with van der Waals surface area (Å²) in [6.45, 7) is 4.71. The number of nitrogen functional groups attached to an aromatic ring is 1. The maximum atomic E-state index is 13.6. The lowest BCUT2D eigenvalue weighted by Gasteiger charge is -2.18. The molecule has 0 fully saturated rings. The molecule has 11 heteroatoms. The van der Waals surface area contributed by atoms with Gasteiger partial charge in [0.1, 0.15) is 22.8 Å². The van der Waals surface area contributed by atoms with E-state index in [-0.39, 0.29) is 35.0 Å². The van der Waals surface area contributed by atoms with Crippen LogP contribution in [0.25, 0.3) is 22.4 Å². The number of anilines is 1. The summed E-state index contributed by atoms with van der Waals surface area (Å²) in [6.07, 6.45) is -2.86. The molecular formula is C27H25F3N6O2. The van der Waals surface area contributed by atoms with Crippen LogP contribution in [-0.4, -0.2) is 30.9 Å². The molecule has 4 N–H and O–H groups in total. The summed E-state index contributed by atoms with van der Waals surface area (Å²) in [5.74, 6) is -1.39. The lowest BCUT2D eigenvalue weighted by molar-refractivity contribution is 0.0736. The van der Waals surface area contributed by atoms with Gasteiger partial charge in [-0.25, -0.2) is 23.1 Å². The Kier molecular flexibility index (Phi) is 7.40. The molecule has 0 bridgehead atoms. The fraction of sp³-hybridized carbons (Fsp3) is 0.222. The van der Waals surface area contributed by atoms with Crippen LogP contribution >= 0.6 is 0 Å². The number of aliphatic hydroxyl groups is 1. The predicted octanol–water partition coefficient (Wildman–Crippen LogP) is 4.73. The second kappa shape index (κ2) is 10.5. The number of hydrogen-bond acceptors (Lipinski definition) is 7.